The van der Waals surface area contributed by atoms with Gasteiger partial charge in [0.2, 0.25) is 0 Å². The van der Waals surface area contributed by atoms with E-state index < -0.39 is 5.97 Å². The van der Waals surface area contributed by atoms with Gasteiger partial charge in [0.25, 0.3) is 0 Å². The van der Waals surface area contributed by atoms with E-state index in [1.807, 2.05) is 12.1 Å². The molecule has 0 aromatic heterocycles. The third-order valence-electron chi connectivity index (χ3n) is 1.84. The highest BCUT2D eigenvalue weighted by molar-refractivity contribution is 5.70. The maximum Gasteiger partial charge on any atom is 0.307 e. The summed E-state index contributed by atoms with van der Waals surface area (Å²) >= 11 is 0. The summed E-state index contributed by atoms with van der Waals surface area (Å²) in [5.74, 6) is 0.381. The molecule has 0 saturated heterocycles. The Balaban J connectivity index is 2.61. The molecule has 0 heterocycles. The zero-order valence-electron chi connectivity index (χ0n) is 9.06. The highest BCUT2D eigenvalue weighted by Crippen LogP contribution is 2.14. The van der Waals surface area contributed by atoms with Crippen LogP contribution in [0.3, 0.4) is 0 Å². The molecule has 3 nitrogen and oxygen atoms in total. The molecule has 1 rings (SSSR count). The minimum atomic E-state index is -0.823. The first kappa shape index (κ1) is 11.6. The number of carboxylic acid groups (broad SMARTS) is 1. The first-order valence-corrected chi connectivity index (χ1v) is 5.01. The van der Waals surface area contributed by atoms with Crippen LogP contribution in [0, 0.1) is 5.92 Å². The van der Waals surface area contributed by atoms with E-state index in [1.165, 1.54) is 0 Å². The molecule has 15 heavy (non-hydrogen) atoms. The van der Waals surface area contributed by atoms with Crippen molar-refractivity contribution in [2.24, 2.45) is 5.92 Å². The molecule has 0 fully saturated rings. The average molecular weight is 208 g/mol. The van der Waals surface area contributed by atoms with Crippen molar-refractivity contribution >= 4 is 5.97 Å². The van der Waals surface area contributed by atoms with Crippen LogP contribution in [0.25, 0.3) is 0 Å². The molecule has 0 aliphatic rings. The van der Waals surface area contributed by atoms with E-state index in [9.17, 15) is 4.79 Å². The maximum absolute atomic E-state index is 10.5. The fraction of sp³-hybridized carbons (Fsp3) is 0.417. The van der Waals surface area contributed by atoms with E-state index in [1.54, 1.807) is 12.1 Å². The van der Waals surface area contributed by atoms with Crippen LogP contribution in [0.2, 0.25) is 0 Å². The van der Waals surface area contributed by atoms with Crippen molar-refractivity contribution in [3.63, 3.8) is 0 Å². The monoisotopic (exact) mass is 208 g/mol. The Hall–Kier alpha value is -1.51. The van der Waals surface area contributed by atoms with E-state index in [0.29, 0.717) is 12.5 Å². The van der Waals surface area contributed by atoms with Gasteiger partial charge in [-0.25, -0.2) is 0 Å². The highest BCUT2D eigenvalue weighted by Gasteiger charge is 2.02. The summed E-state index contributed by atoms with van der Waals surface area (Å²) in [6.45, 7) is 4.79. The molecule has 0 aliphatic heterocycles. The Morgan fingerprint density at radius 1 is 1.47 bits per heavy atom. The van der Waals surface area contributed by atoms with Crippen LogP contribution < -0.4 is 4.74 Å². The molecule has 82 valence electrons. The van der Waals surface area contributed by atoms with Crippen molar-refractivity contribution in [3.05, 3.63) is 29.8 Å². The predicted octanol–water partition coefficient (Wildman–Crippen LogP) is 2.35. The molecule has 1 N–H and O–H groups in total. The Labute approximate surface area is 89.7 Å². The predicted molar refractivity (Wildman–Crippen MR) is 58.1 cm³/mol. The Bertz CT molecular complexity index is 331. The molecular formula is C12H16O3. The number of hydrogen-bond acceptors (Lipinski definition) is 2. The standard InChI is InChI=1S/C12H16O3/c1-9(2)8-15-11-5-3-4-10(6-11)7-12(13)14/h3-6,9H,7-8H2,1-2H3,(H,13,14). The summed E-state index contributed by atoms with van der Waals surface area (Å²) in [5.41, 5.74) is 0.767. The lowest BCUT2D eigenvalue weighted by molar-refractivity contribution is -0.136. The molecule has 0 bridgehead atoms. The SMILES string of the molecule is CC(C)COc1cccc(CC(=O)O)c1. The van der Waals surface area contributed by atoms with Crippen LogP contribution in [0.4, 0.5) is 0 Å². The molecule has 0 saturated carbocycles. The van der Waals surface area contributed by atoms with Crippen LogP contribution in [-0.2, 0) is 11.2 Å². The van der Waals surface area contributed by atoms with Crippen LogP contribution in [0.15, 0.2) is 24.3 Å². The zero-order chi connectivity index (χ0) is 11.3. The van der Waals surface area contributed by atoms with Gasteiger partial charge in [0.05, 0.1) is 13.0 Å². The van der Waals surface area contributed by atoms with Gasteiger partial charge in [-0.05, 0) is 23.6 Å². The third kappa shape index (κ3) is 4.49. The lowest BCUT2D eigenvalue weighted by atomic mass is 10.1. The van der Waals surface area contributed by atoms with Crippen molar-refractivity contribution in [2.75, 3.05) is 6.61 Å². The molecule has 1 aromatic carbocycles. The summed E-state index contributed by atoms with van der Waals surface area (Å²) in [6.07, 6.45) is 0.0406. The van der Waals surface area contributed by atoms with Gasteiger partial charge >= 0.3 is 5.97 Å². The van der Waals surface area contributed by atoms with Crippen molar-refractivity contribution in [2.45, 2.75) is 20.3 Å². The van der Waals surface area contributed by atoms with Crippen molar-refractivity contribution < 1.29 is 14.6 Å². The largest absolute Gasteiger partial charge is 0.493 e. The van der Waals surface area contributed by atoms with Gasteiger partial charge in [0.15, 0.2) is 0 Å². The first-order chi connectivity index (χ1) is 7.08. The molecule has 0 unspecified atom stereocenters. The Kier molecular flexibility index (Phi) is 4.16. The normalized spacial score (nSPS) is 10.3. The van der Waals surface area contributed by atoms with E-state index in [4.69, 9.17) is 9.84 Å². The van der Waals surface area contributed by atoms with Crippen LogP contribution >= 0.6 is 0 Å². The second kappa shape index (κ2) is 5.39. The quantitative estimate of drug-likeness (QED) is 0.807. The zero-order valence-corrected chi connectivity index (χ0v) is 9.06. The fourth-order valence-corrected chi connectivity index (χ4v) is 1.18. The minimum Gasteiger partial charge on any atom is -0.493 e. The Morgan fingerprint density at radius 3 is 2.80 bits per heavy atom. The molecule has 0 aliphatic carbocycles. The van der Waals surface area contributed by atoms with Crippen LogP contribution in [0.1, 0.15) is 19.4 Å². The van der Waals surface area contributed by atoms with Crippen LogP contribution in [-0.4, -0.2) is 17.7 Å². The van der Waals surface area contributed by atoms with Crippen molar-refractivity contribution in [1.29, 1.82) is 0 Å². The number of aliphatic carboxylic acids is 1. The molecule has 3 heteroatoms. The minimum absolute atomic E-state index is 0.0406. The molecule has 0 atom stereocenters. The fourth-order valence-electron chi connectivity index (χ4n) is 1.18. The van der Waals surface area contributed by atoms with Crippen LogP contribution in [0.5, 0.6) is 5.75 Å². The second-order valence-electron chi connectivity index (χ2n) is 3.92. The van der Waals surface area contributed by atoms with Crippen molar-refractivity contribution in [3.8, 4) is 5.75 Å². The number of ether oxygens (including phenoxy) is 1. The molecular weight excluding hydrogens is 192 g/mol. The number of rotatable bonds is 5. The number of hydrogen-bond donors (Lipinski definition) is 1. The first-order valence-electron chi connectivity index (χ1n) is 5.01. The molecule has 0 amide bonds. The summed E-state index contributed by atoms with van der Waals surface area (Å²) < 4.78 is 5.50. The highest BCUT2D eigenvalue weighted by atomic mass is 16.5. The van der Waals surface area contributed by atoms with Gasteiger partial charge in [-0.1, -0.05) is 26.0 Å². The van der Waals surface area contributed by atoms with Gasteiger partial charge < -0.3 is 9.84 Å². The van der Waals surface area contributed by atoms with Gasteiger partial charge in [-0.15, -0.1) is 0 Å². The average Bonchev–Trinajstić information content (AvgIpc) is 2.14. The third-order valence-corrected chi connectivity index (χ3v) is 1.84. The molecule has 1 aromatic rings. The number of carbonyl (C=O) groups is 1. The number of carboxylic acids is 1. The molecule has 0 radical (unpaired) electrons. The summed E-state index contributed by atoms with van der Waals surface area (Å²) in [5, 5.41) is 8.64. The van der Waals surface area contributed by atoms with Gasteiger partial charge in [-0.3, -0.25) is 4.79 Å². The summed E-state index contributed by atoms with van der Waals surface area (Å²) in [6, 6.07) is 7.22. The van der Waals surface area contributed by atoms with E-state index >= 15 is 0 Å². The van der Waals surface area contributed by atoms with Crippen molar-refractivity contribution in [1.82, 2.24) is 0 Å². The lowest BCUT2D eigenvalue weighted by Gasteiger charge is -2.09. The van der Waals surface area contributed by atoms with E-state index in [-0.39, 0.29) is 6.42 Å². The van der Waals surface area contributed by atoms with Gasteiger partial charge in [0.1, 0.15) is 5.75 Å². The maximum atomic E-state index is 10.5. The lowest BCUT2D eigenvalue weighted by Crippen LogP contribution is -2.05. The van der Waals surface area contributed by atoms with E-state index in [0.717, 1.165) is 11.3 Å². The summed E-state index contributed by atoms with van der Waals surface area (Å²) in [7, 11) is 0. The number of benzene rings is 1. The second-order valence-corrected chi connectivity index (χ2v) is 3.92. The Morgan fingerprint density at radius 2 is 2.20 bits per heavy atom. The van der Waals surface area contributed by atoms with E-state index in [2.05, 4.69) is 13.8 Å². The molecule has 0 spiro atoms. The van der Waals surface area contributed by atoms with Gasteiger partial charge in [-0.2, -0.15) is 0 Å². The topological polar surface area (TPSA) is 46.5 Å². The van der Waals surface area contributed by atoms with Gasteiger partial charge in [0, 0.05) is 0 Å². The smallest absolute Gasteiger partial charge is 0.307 e. The summed E-state index contributed by atoms with van der Waals surface area (Å²) in [4.78, 5) is 10.5.